The number of carbonyl (C=O) groups is 2. The average molecular weight is 269 g/mol. The second-order valence-corrected chi connectivity index (χ2v) is 5.63. The Hall–Kier alpha value is -1.55. The van der Waals surface area contributed by atoms with Crippen LogP contribution in [0.25, 0.3) is 0 Å². The molecule has 0 spiro atoms. The van der Waals surface area contributed by atoms with E-state index in [0.717, 1.165) is 0 Å². The van der Waals surface area contributed by atoms with Gasteiger partial charge in [-0.25, -0.2) is 0 Å². The van der Waals surface area contributed by atoms with Crippen LogP contribution in [-0.2, 0) is 4.79 Å². The maximum atomic E-state index is 11.7. The van der Waals surface area contributed by atoms with Gasteiger partial charge in [-0.1, -0.05) is 44.5 Å². The van der Waals surface area contributed by atoms with Crippen molar-refractivity contribution in [3.63, 3.8) is 0 Å². The maximum Gasteiger partial charge on any atom is 0.271 e. The molecule has 0 aliphatic rings. The van der Waals surface area contributed by atoms with Crippen molar-refractivity contribution in [2.75, 3.05) is 0 Å². The summed E-state index contributed by atoms with van der Waals surface area (Å²) in [4.78, 5) is 23.2. The van der Waals surface area contributed by atoms with Crippen LogP contribution in [0.3, 0.4) is 0 Å². The molecular weight excluding hydrogens is 252 g/mol. The number of hydrogen-bond acceptors (Lipinski definition) is 2. The summed E-state index contributed by atoms with van der Waals surface area (Å²) in [6.07, 6.45) is 0.329. The predicted octanol–water partition coefficient (Wildman–Crippen LogP) is 2.54. The lowest BCUT2D eigenvalue weighted by molar-refractivity contribution is -0.123. The van der Waals surface area contributed by atoms with Gasteiger partial charge < -0.3 is 0 Å². The zero-order valence-corrected chi connectivity index (χ0v) is 11.5. The van der Waals surface area contributed by atoms with Crippen LogP contribution in [0.4, 0.5) is 0 Å². The molecule has 2 amide bonds. The fourth-order valence-corrected chi connectivity index (χ4v) is 1.59. The van der Waals surface area contributed by atoms with Crippen molar-refractivity contribution >= 4 is 23.4 Å². The lowest BCUT2D eigenvalue weighted by atomic mass is 9.92. The highest BCUT2D eigenvalue weighted by atomic mass is 35.5. The topological polar surface area (TPSA) is 58.2 Å². The molecule has 4 nitrogen and oxygen atoms in total. The molecule has 2 N–H and O–H groups in total. The summed E-state index contributed by atoms with van der Waals surface area (Å²) in [6, 6.07) is 6.65. The molecule has 0 fully saturated rings. The molecule has 18 heavy (non-hydrogen) atoms. The van der Waals surface area contributed by atoms with Crippen LogP contribution in [0.1, 0.15) is 37.6 Å². The molecule has 1 aromatic carbocycles. The van der Waals surface area contributed by atoms with Crippen LogP contribution in [0, 0.1) is 5.41 Å². The van der Waals surface area contributed by atoms with Crippen molar-refractivity contribution in [1.29, 1.82) is 0 Å². The minimum atomic E-state index is -0.428. The van der Waals surface area contributed by atoms with Crippen molar-refractivity contribution < 1.29 is 9.59 Å². The normalized spacial score (nSPS) is 10.9. The number of nitrogens with one attached hydrogen (secondary N) is 2. The Morgan fingerprint density at radius 2 is 1.78 bits per heavy atom. The zero-order valence-electron chi connectivity index (χ0n) is 10.7. The van der Waals surface area contributed by atoms with Gasteiger partial charge in [0.1, 0.15) is 0 Å². The van der Waals surface area contributed by atoms with E-state index in [0.29, 0.717) is 17.0 Å². The quantitative estimate of drug-likeness (QED) is 0.810. The third kappa shape index (κ3) is 4.75. The second-order valence-electron chi connectivity index (χ2n) is 5.22. The van der Waals surface area contributed by atoms with Gasteiger partial charge in [0.05, 0.1) is 10.6 Å². The van der Waals surface area contributed by atoms with E-state index in [9.17, 15) is 9.59 Å². The Morgan fingerprint density at radius 3 is 2.33 bits per heavy atom. The third-order valence-electron chi connectivity index (χ3n) is 2.12. The van der Waals surface area contributed by atoms with E-state index in [1.165, 1.54) is 0 Å². The molecule has 98 valence electrons. The summed E-state index contributed by atoms with van der Waals surface area (Å²) in [5, 5.41) is 0.347. The first kappa shape index (κ1) is 14.5. The smallest absolute Gasteiger partial charge is 0.271 e. The fraction of sp³-hybridized carbons (Fsp3) is 0.385. The highest BCUT2D eigenvalue weighted by molar-refractivity contribution is 6.33. The van der Waals surface area contributed by atoms with Gasteiger partial charge in [0.2, 0.25) is 5.91 Å². The number of amides is 2. The van der Waals surface area contributed by atoms with Gasteiger partial charge in [-0.15, -0.1) is 0 Å². The predicted molar refractivity (Wildman–Crippen MR) is 71.1 cm³/mol. The van der Waals surface area contributed by atoms with Gasteiger partial charge in [-0.2, -0.15) is 0 Å². The van der Waals surface area contributed by atoms with Crippen LogP contribution >= 0.6 is 11.6 Å². The SMILES string of the molecule is CC(C)(C)CC(=O)NNC(=O)c1ccccc1Cl. The molecule has 0 bridgehead atoms. The van der Waals surface area contributed by atoms with E-state index in [2.05, 4.69) is 10.9 Å². The molecule has 1 rings (SSSR count). The second kappa shape index (κ2) is 5.87. The van der Waals surface area contributed by atoms with Gasteiger partial charge in [0, 0.05) is 6.42 Å². The largest absolute Gasteiger partial charge is 0.273 e. The van der Waals surface area contributed by atoms with Crippen molar-refractivity contribution in [2.45, 2.75) is 27.2 Å². The number of halogens is 1. The summed E-state index contributed by atoms with van der Waals surface area (Å²) in [6.45, 7) is 5.84. The summed E-state index contributed by atoms with van der Waals surface area (Å²) in [7, 11) is 0. The zero-order chi connectivity index (χ0) is 13.8. The van der Waals surface area contributed by atoms with Crippen LogP contribution in [-0.4, -0.2) is 11.8 Å². The van der Waals surface area contributed by atoms with Gasteiger partial charge in [-0.05, 0) is 17.5 Å². The number of hydrazine groups is 1. The number of carbonyl (C=O) groups excluding carboxylic acids is 2. The number of hydrogen-bond donors (Lipinski definition) is 2. The molecule has 0 aromatic heterocycles. The Morgan fingerprint density at radius 1 is 1.17 bits per heavy atom. The standard InChI is InChI=1S/C13H17ClN2O2/c1-13(2,3)8-11(17)15-16-12(18)9-6-4-5-7-10(9)14/h4-7H,8H2,1-3H3,(H,15,17)(H,16,18). The molecule has 5 heteroatoms. The fourth-order valence-electron chi connectivity index (χ4n) is 1.37. The van der Waals surface area contributed by atoms with E-state index in [1.807, 2.05) is 20.8 Å². The number of benzene rings is 1. The van der Waals surface area contributed by atoms with Gasteiger partial charge in [0.25, 0.3) is 5.91 Å². The molecule has 0 aliphatic heterocycles. The minimum absolute atomic E-state index is 0.126. The summed E-state index contributed by atoms with van der Waals surface area (Å²) >= 11 is 5.87. The number of rotatable bonds is 2. The van der Waals surface area contributed by atoms with Gasteiger partial charge >= 0.3 is 0 Å². The molecule has 0 saturated heterocycles. The Bertz CT molecular complexity index is 453. The van der Waals surface area contributed by atoms with Crippen molar-refractivity contribution in [1.82, 2.24) is 10.9 Å². The van der Waals surface area contributed by atoms with Crippen molar-refractivity contribution in [2.24, 2.45) is 5.41 Å². The van der Waals surface area contributed by atoms with Crippen LogP contribution in [0.2, 0.25) is 5.02 Å². The van der Waals surface area contributed by atoms with Crippen LogP contribution < -0.4 is 10.9 Å². The first-order valence-electron chi connectivity index (χ1n) is 5.63. The Labute approximate surface area is 112 Å². The molecule has 0 atom stereocenters. The average Bonchev–Trinajstić information content (AvgIpc) is 2.24. The molecular formula is C13H17ClN2O2. The molecule has 0 unspecified atom stereocenters. The van der Waals surface area contributed by atoms with E-state index in [-0.39, 0.29) is 11.3 Å². The Kier molecular flexibility index (Phi) is 4.73. The van der Waals surface area contributed by atoms with Crippen molar-refractivity contribution in [3.05, 3.63) is 34.9 Å². The summed E-state index contributed by atoms with van der Waals surface area (Å²) < 4.78 is 0. The van der Waals surface area contributed by atoms with E-state index >= 15 is 0 Å². The third-order valence-corrected chi connectivity index (χ3v) is 2.45. The minimum Gasteiger partial charge on any atom is -0.273 e. The van der Waals surface area contributed by atoms with Gasteiger partial charge in [-0.3, -0.25) is 20.4 Å². The van der Waals surface area contributed by atoms with Gasteiger partial charge in [0.15, 0.2) is 0 Å². The monoisotopic (exact) mass is 268 g/mol. The lowest BCUT2D eigenvalue weighted by Gasteiger charge is -2.17. The summed E-state index contributed by atoms with van der Waals surface area (Å²) in [5.74, 6) is -0.661. The molecule has 0 heterocycles. The first-order valence-corrected chi connectivity index (χ1v) is 6.01. The highest BCUT2D eigenvalue weighted by Crippen LogP contribution is 2.17. The van der Waals surface area contributed by atoms with E-state index < -0.39 is 5.91 Å². The molecule has 0 aliphatic carbocycles. The highest BCUT2D eigenvalue weighted by Gasteiger charge is 2.16. The molecule has 1 aromatic rings. The Balaban J connectivity index is 2.52. The van der Waals surface area contributed by atoms with E-state index in [1.54, 1.807) is 24.3 Å². The van der Waals surface area contributed by atoms with E-state index in [4.69, 9.17) is 11.6 Å². The lowest BCUT2D eigenvalue weighted by Crippen LogP contribution is -2.42. The van der Waals surface area contributed by atoms with Crippen LogP contribution in [0.15, 0.2) is 24.3 Å². The summed E-state index contributed by atoms with van der Waals surface area (Å²) in [5.41, 5.74) is 4.91. The molecule has 0 saturated carbocycles. The van der Waals surface area contributed by atoms with Crippen LogP contribution in [0.5, 0.6) is 0 Å². The van der Waals surface area contributed by atoms with Crippen molar-refractivity contribution in [3.8, 4) is 0 Å². The maximum absolute atomic E-state index is 11.7. The first-order chi connectivity index (χ1) is 8.29. The molecule has 0 radical (unpaired) electrons.